The lowest BCUT2D eigenvalue weighted by molar-refractivity contribution is -0.117. The van der Waals surface area contributed by atoms with Crippen molar-refractivity contribution in [3.63, 3.8) is 0 Å². The normalized spacial score (nSPS) is 17.6. The van der Waals surface area contributed by atoms with E-state index in [1.165, 1.54) is 22.7 Å². The maximum atomic E-state index is 12.6. The van der Waals surface area contributed by atoms with Gasteiger partial charge in [-0.1, -0.05) is 22.9 Å². The van der Waals surface area contributed by atoms with Crippen molar-refractivity contribution in [3.8, 4) is 0 Å². The van der Waals surface area contributed by atoms with E-state index in [0.717, 1.165) is 30.6 Å². The molecule has 4 rings (SSSR count). The van der Waals surface area contributed by atoms with Gasteiger partial charge in [-0.2, -0.15) is 0 Å². The summed E-state index contributed by atoms with van der Waals surface area (Å²) >= 11 is 8.54. The first-order chi connectivity index (χ1) is 17.1. The van der Waals surface area contributed by atoms with Gasteiger partial charge in [0.25, 0.3) is 5.91 Å². The molecule has 2 aliphatic heterocycles. The van der Waals surface area contributed by atoms with Crippen molar-refractivity contribution in [2.45, 2.75) is 51.8 Å². The summed E-state index contributed by atoms with van der Waals surface area (Å²) in [5.74, 6) is -0.283. The molecular formula is C23H32ClN5O5S2. The SMILES string of the molecule is CC(C)(C)OC(=O)N1CCc2nc(NC(=O)CN3CCC(NC(=O)c4ccc(Cl)s4)C3)sc2C1.CO. The number of nitrogens with one attached hydrogen (secondary N) is 2. The van der Waals surface area contributed by atoms with E-state index in [-0.39, 0.29) is 30.5 Å². The Kier molecular flexibility index (Phi) is 9.70. The van der Waals surface area contributed by atoms with Crippen LogP contribution < -0.4 is 10.6 Å². The van der Waals surface area contributed by atoms with Crippen LogP contribution in [0.25, 0.3) is 0 Å². The van der Waals surface area contributed by atoms with Crippen molar-refractivity contribution in [2.24, 2.45) is 0 Å². The Balaban J connectivity index is 0.00000176. The standard InChI is InChI=1S/C22H28ClN5O4S2.CH4O/c1-22(2,3)32-21(31)28-9-7-14-16(11-28)34-20(25-14)26-18(29)12-27-8-6-13(10-27)24-19(30)15-4-5-17(23)33-15;1-2/h4-5,13H,6-12H2,1-3H3,(H,24,30)(H,25,26,29);2H,1H3. The van der Waals surface area contributed by atoms with E-state index in [1.54, 1.807) is 17.0 Å². The van der Waals surface area contributed by atoms with Crippen molar-refractivity contribution < 1.29 is 24.2 Å². The number of thiophene rings is 1. The molecule has 3 amide bonds. The summed E-state index contributed by atoms with van der Waals surface area (Å²) < 4.78 is 6.04. The number of aliphatic hydroxyl groups excluding tert-OH is 1. The van der Waals surface area contributed by atoms with Crippen LogP contribution in [0.5, 0.6) is 0 Å². The van der Waals surface area contributed by atoms with Gasteiger partial charge >= 0.3 is 6.09 Å². The van der Waals surface area contributed by atoms with Crippen molar-refractivity contribution in [1.82, 2.24) is 20.1 Å². The number of rotatable bonds is 5. The second-order valence-electron chi connectivity index (χ2n) is 9.39. The fourth-order valence-electron chi connectivity index (χ4n) is 3.88. The zero-order valence-electron chi connectivity index (χ0n) is 20.8. The summed E-state index contributed by atoms with van der Waals surface area (Å²) in [7, 11) is 1.00. The van der Waals surface area contributed by atoms with Crippen molar-refractivity contribution in [3.05, 3.63) is 31.9 Å². The molecule has 0 radical (unpaired) electrons. The zero-order valence-corrected chi connectivity index (χ0v) is 23.2. The van der Waals surface area contributed by atoms with E-state index in [9.17, 15) is 14.4 Å². The fraction of sp³-hybridized carbons (Fsp3) is 0.565. The highest BCUT2D eigenvalue weighted by Crippen LogP contribution is 2.29. The molecule has 198 valence electrons. The van der Waals surface area contributed by atoms with E-state index >= 15 is 0 Å². The molecule has 1 atom stereocenters. The summed E-state index contributed by atoms with van der Waals surface area (Å²) in [6.07, 6.45) is 1.07. The minimum atomic E-state index is -0.542. The molecule has 0 saturated carbocycles. The van der Waals surface area contributed by atoms with Gasteiger partial charge in [0.15, 0.2) is 5.13 Å². The third-order valence-corrected chi connectivity index (χ3v) is 7.63. The van der Waals surface area contributed by atoms with Crippen LogP contribution in [0.4, 0.5) is 9.93 Å². The van der Waals surface area contributed by atoms with Gasteiger partial charge in [0.05, 0.1) is 28.0 Å². The van der Waals surface area contributed by atoms with Gasteiger partial charge in [0.1, 0.15) is 5.60 Å². The third kappa shape index (κ3) is 7.87. The number of carbonyl (C=O) groups is 3. The molecule has 2 aromatic heterocycles. The first-order valence-electron chi connectivity index (χ1n) is 11.6. The number of ether oxygens (including phenoxy) is 1. The minimum Gasteiger partial charge on any atom is -0.444 e. The second-order valence-corrected chi connectivity index (χ2v) is 12.2. The summed E-state index contributed by atoms with van der Waals surface area (Å²) in [6.45, 7) is 8.06. The number of hydrogen-bond acceptors (Lipinski definition) is 9. The second kappa shape index (κ2) is 12.3. The Hall–Kier alpha value is -2.25. The molecule has 2 aromatic rings. The first-order valence-corrected chi connectivity index (χ1v) is 13.6. The monoisotopic (exact) mass is 557 g/mol. The lowest BCUT2D eigenvalue weighted by atomic mass is 10.2. The Labute approximate surface area is 223 Å². The third-order valence-electron chi connectivity index (χ3n) is 5.40. The maximum absolute atomic E-state index is 12.6. The summed E-state index contributed by atoms with van der Waals surface area (Å²) in [5.41, 5.74) is 0.372. The summed E-state index contributed by atoms with van der Waals surface area (Å²) in [5, 5.41) is 13.4. The highest BCUT2D eigenvalue weighted by Gasteiger charge is 2.29. The molecular weight excluding hydrogens is 526 g/mol. The average Bonchev–Trinajstić information content (AvgIpc) is 3.53. The molecule has 13 heteroatoms. The Bertz CT molecular complexity index is 1080. The fourth-order valence-corrected chi connectivity index (χ4v) is 5.87. The lowest BCUT2D eigenvalue weighted by Gasteiger charge is -2.29. The molecule has 0 spiro atoms. The first kappa shape index (κ1) is 28.3. The zero-order chi connectivity index (χ0) is 26.5. The number of hydrogen-bond donors (Lipinski definition) is 3. The number of carbonyl (C=O) groups excluding carboxylic acids is 3. The van der Waals surface area contributed by atoms with Gasteiger partial charge < -0.3 is 25.4 Å². The largest absolute Gasteiger partial charge is 0.444 e. The van der Waals surface area contributed by atoms with E-state index in [4.69, 9.17) is 21.4 Å². The van der Waals surface area contributed by atoms with Crippen LogP contribution in [0.2, 0.25) is 4.34 Å². The number of likely N-dealkylation sites (tertiary alicyclic amines) is 1. The molecule has 3 N–H and O–H groups in total. The Morgan fingerprint density at radius 2 is 1.97 bits per heavy atom. The van der Waals surface area contributed by atoms with E-state index in [2.05, 4.69) is 15.6 Å². The predicted molar refractivity (Wildman–Crippen MR) is 141 cm³/mol. The number of amides is 3. The number of fused-ring (bicyclic) bond motifs is 1. The predicted octanol–water partition coefficient (Wildman–Crippen LogP) is 3.20. The molecule has 0 aliphatic carbocycles. The van der Waals surface area contributed by atoms with E-state index in [1.807, 2.05) is 25.7 Å². The number of aliphatic hydroxyl groups is 1. The number of nitrogens with zero attached hydrogens (tertiary/aromatic N) is 3. The summed E-state index contributed by atoms with van der Waals surface area (Å²) in [6, 6.07) is 3.41. The molecule has 10 nitrogen and oxygen atoms in total. The Morgan fingerprint density at radius 1 is 1.22 bits per heavy atom. The van der Waals surface area contributed by atoms with Crippen LogP contribution in [-0.4, -0.2) is 82.7 Å². The Morgan fingerprint density at radius 3 is 2.64 bits per heavy atom. The topological polar surface area (TPSA) is 124 Å². The molecule has 36 heavy (non-hydrogen) atoms. The van der Waals surface area contributed by atoms with Crippen LogP contribution >= 0.6 is 34.3 Å². The quantitative estimate of drug-likeness (QED) is 0.515. The van der Waals surface area contributed by atoms with Crippen LogP contribution in [0.1, 0.15) is 47.4 Å². The molecule has 2 aliphatic rings. The van der Waals surface area contributed by atoms with Crippen molar-refractivity contribution in [2.75, 3.05) is 38.6 Å². The van der Waals surface area contributed by atoms with Gasteiger partial charge in [-0.15, -0.1) is 11.3 Å². The van der Waals surface area contributed by atoms with Crippen LogP contribution in [0.3, 0.4) is 0 Å². The highest BCUT2D eigenvalue weighted by molar-refractivity contribution is 7.18. The average molecular weight is 558 g/mol. The van der Waals surface area contributed by atoms with Gasteiger partial charge in [-0.05, 0) is 39.3 Å². The molecule has 0 bridgehead atoms. The van der Waals surface area contributed by atoms with Crippen molar-refractivity contribution in [1.29, 1.82) is 0 Å². The molecule has 1 saturated heterocycles. The maximum Gasteiger partial charge on any atom is 0.410 e. The van der Waals surface area contributed by atoms with Gasteiger partial charge in [-0.3, -0.25) is 14.5 Å². The molecule has 1 unspecified atom stereocenters. The smallest absolute Gasteiger partial charge is 0.410 e. The number of anilines is 1. The number of aromatic nitrogens is 1. The summed E-state index contributed by atoms with van der Waals surface area (Å²) in [4.78, 5) is 47.0. The van der Waals surface area contributed by atoms with Gasteiger partial charge in [0.2, 0.25) is 5.91 Å². The lowest BCUT2D eigenvalue weighted by Crippen LogP contribution is -2.39. The van der Waals surface area contributed by atoms with E-state index in [0.29, 0.717) is 40.4 Å². The van der Waals surface area contributed by atoms with E-state index < -0.39 is 5.60 Å². The molecule has 0 aromatic carbocycles. The molecule has 1 fully saturated rings. The number of halogens is 1. The highest BCUT2D eigenvalue weighted by atomic mass is 35.5. The van der Waals surface area contributed by atoms with Crippen LogP contribution in [0, 0.1) is 0 Å². The minimum absolute atomic E-state index is 0.00723. The number of thiazole rings is 1. The van der Waals surface area contributed by atoms with Crippen LogP contribution in [0.15, 0.2) is 12.1 Å². The van der Waals surface area contributed by atoms with Crippen LogP contribution in [-0.2, 0) is 22.5 Å². The van der Waals surface area contributed by atoms with Crippen molar-refractivity contribution >= 4 is 57.3 Å². The van der Waals surface area contributed by atoms with Gasteiger partial charge in [0, 0.05) is 44.1 Å². The molecule has 4 heterocycles. The van der Waals surface area contributed by atoms with Gasteiger partial charge in [-0.25, -0.2) is 9.78 Å².